The number of hydrogen-bond acceptors (Lipinski definition) is 6. The van der Waals surface area contributed by atoms with Gasteiger partial charge in [0.15, 0.2) is 6.10 Å². The SMILES string of the molecule is CCCCCCCC/C=C\CCCCCCCCCCCC(=O)OC(COC(=O)CCCCCCCCCCCCCC)COC(=O)CCCCCCCCCCCCCCCCCCCCCCCCCCCCCCCCCCC. The van der Waals surface area contributed by atoms with Crippen molar-refractivity contribution in [1.29, 1.82) is 0 Å². The van der Waals surface area contributed by atoms with Crippen LogP contribution in [0.15, 0.2) is 12.2 Å². The second-order valence-corrected chi connectivity index (χ2v) is 25.9. The predicted octanol–water partition coefficient (Wildman–Crippen LogP) is 26.0. The van der Waals surface area contributed by atoms with Crippen LogP contribution in [0.2, 0.25) is 0 Å². The minimum Gasteiger partial charge on any atom is -0.462 e. The van der Waals surface area contributed by atoms with Crippen LogP contribution in [0.25, 0.3) is 0 Å². The molecule has 6 nitrogen and oxygen atoms in total. The first-order valence-electron chi connectivity index (χ1n) is 37.7. The molecule has 0 aromatic rings. The summed E-state index contributed by atoms with van der Waals surface area (Å²) in [6.45, 7) is 6.72. The molecule has 0 saturated carbocycles. The summed E-state index contributed by atoms with van der Waals surface area (Å²) < 4.78 is 17.0. The highest BCUT2D eigenvalue weighted by Gasteiger charge is 2.20. The minimum absolute atomic E-state index is 0.0639. The molecule has 0 amide bonds. The number of hydrogen-bond donors (Lipinski definition) is 0. The summed E-state index contributed by atoms with van der Waals surface area (Å²) in [5.41, 5.74) is 0. The third-order valence-electron chi connectivity index (χ3n) is 17.5. The zero-order chi connectivity index (χ0) is 59.2. The maximum absolute atomic E-state index is 12.9. The van der Waals surface area contributed by atoms with Crippen molar-refractivity contribution in [2.24, 2.45) is 0 Å². The molecule has 0 aliphatic carbocycles. The monoisotopic (exact) mass is 1160 g/mol. The fourth-order valence-corrected chi connectivity index (χ4v) is 11.9. The number of carbonyl (C=O) groups excluding carboxylic acids is 3. The van der Waals surface area contributed by atoms with E-state index < -0.39 is 6.10 Å². The topological polar surface area (TPSA) is 78.9 Å². The molecule has 0 aromatic carbocycles. The zero-order valence-electron chi connectivity index (χ0n) is 56.1. The minimum atomic E-state index is -0.767. The van der Waals surface area contributed by atoms with Gasteiger partial charge in [0.05, 0.1) is 0 Å². The van der Waals surface area contributed by atoms with Crippen molar-refractivity contribution in [3.63, 3.8) is 0 Å². The van der Waals surface area contributed by atoms with E-state index in [1.807, 2.05) is 0 Å². The molecule has 0 bridgehead atoms. The van der Waals surface area contributed by atoms with E-state index in [-0.39, 0.29) is 31.1 Å². The first-order valence-corrected chi connectivity index (χ1v) is 37.7. The van der Waals surface area contributed by atoms with Crippen LogP contribution in [-0.4, -0.2) is 37.2 Å². The Balaban J connectivity index is 4.07. The Hall–Kier alpha value is -1.85. The smallest absolute Gasteiger partial charge is 0.306 e. The Kier molecular flexibility index (Phi) is 70.0. The summed E-state index contributed by atoms with van der Waals surface area (Å²) in [7, 11) is 0. The molecular formula is C76H146O6. The molecule has 0 heterocycles. The highest BCUT2D eigenvalue weighted by molar-refractivity contribution is 5.71. The lowest BCUT2D eigenvalue weighted by Crippen LogP contribution is -2.30. The third kappa shape index (κ3) is 68.9. The molecule has 1 unspecified atom stereocenters. The van der Waals surface area contributed by atoms with Gasteiger partial charge in [-0.3, -0.25) is 14.4 Å². The van der Waals surface area contributed by atoms with E-state index in [0.717, 1.165) is 57.8 Å². The Labute approximate surface area is 513 Å². The zero-order valence-corrected chi connectivity index (χ0v) is 56.1. The molecule has 0 N–H and O–H groups in total. The largest absolute Gasteiger partial charge is 0.462 e. The first-order chi connectivity index (χ1) is 40.5. The van der Waals surface area contributed by atoms with Crippen LogP contribution in [0.3, 0.4) is 0 Å². The summed E-state index contributed by atoms with van der Waals surface area (Å²) in [4.78, 5) is 38.4. The molecule has 0 aliphatic heterocycles. The van der Waals surface area contributed by atoms with Crippen molar-refractivity contribution in [1.82, 2.24) is 0 Å². The Bertz CT molecular complexity index is 1280. The van der Waals surface area contributed by atoms with Crippen LogP contribution in [-0.2, 0) is 28.6 Å². The molecule has 0 saturated heterocycles. The Morgan fingerprint density at radius 3 is 0.610 bits per heavy atom. The Morgan fingerprint density at radius 2 is 0.402 bits per heavy atom. The summed E-state index contributed by atoms with van der Waals surface area (Å²) in [5.74, 6) is -0.831. The highest BCUT2D eigenvalue weighted by Crippen LogP contribution is 2.20. The second-order valence-electron chi connectivity index (χ2n) is 25.9. The second kappa shape index (κ2) is 71.6. The van der Waals surface area contributed by atoms with Gasteiger partial charge in [0, 0.05) is 19.3 Å². The normalized spacial score (nSPS) is 12.0. The molecular weight excluding hydrogens is 1010 g/mol. The molecule has 0 fully saturated rings. The van der Waals surface area contributed by atoms with Crippen LogP contribution < -0.4 is 0 Å². The van der Waals surface area contributed by atoms with Gasteiger partial charge in [0.1, 0.15) is 13.2 Å². The van der Waals surface area contributed by atoms with Gasteiger partial charge in [0.25, 0.3) is 0 Å². The van der Waals surface area contributed by atoms with Crippen LogP contribution >= 0.6 is 0 Å². The maximum Gasteiger partial charge on any atom is 0.306 e. The number of rotatable bonds is 71. The molecule has 486 valence electrons. The standard InChI is InChI=1S/C76H146O6/c1-4-7-10-13-16-19-22-25-27-29-31-32-33-34-35-36-37-38-39-40-41-42-43-44-46-47-49-51-54-57-60-63-66-69-75(78)81-72-73(71-80-74(77)68-65-62-59-56-53-24-21-18-15-12-9-6-3)82-76(79)70-67-64-61-58-55-52-50-48-45-30-28-26-23-20-17-14-11-8-5-2/h26,28,73H,4-25,27,29-72H2,1-3H3/b28-26-. The van der Waals surface area contributed by atoms with Gasteiger partial charge >= 0.3 is 17.9 Å². The lowest BCUT2D eigenvalue weighted by Gasteiger charge is -2.18. The fourth-order valence-electron chi connectivity index (χ4n) is 11.9. The summed E-state index contributed by atoms with van der Waals surface area (Å²) in [6, 6.07) is 0. The first kappa shape index (κ1) is 80.2. The number of ether oxygens (including phenoxy) is 3. The average Bonchev–Trinajstić information content (AvgIpc) is 3.47. The summed E-state index contributed by atoms with van der Waals surface area (Å²) in [6.07, 6.45) is 87.0. The highest BCUT2D eigenvalue weighted by atomic mass is 16.6. The van der Waals surface area contributed by atoms with Crippen molar-refractivity contribution in [2.45, 2.75) is 444 Å². The lowest BCUT2D eigenvalue weighted by atomic mass is 10.0. The van der Waals surface area contributed by atoms with Crippen molar-refractivity contribution >= 4 is 17.9 Å². The van der Waals surface area contributed by atoms with E-state index >= 15 is 0 Å². The third-order valence-corrected chi connectivity index (χ3v) is 17.5. The van der Waals surface area contributed by atoms with Gasteiger partial charge < -0.3 is 14.2 Å². The molecule has 1 atom stereocenters. The molecule has 82 heavy (non-hydrogen) atoms. The van der Waals surface area contributed by atoms with Gasteiger partial charge in [-0.2, -0.15) is 0 Å². The summed E-state index contributed by atoms with van der Waals surface area (Å²) in [5, 5.41) is 0. The average molecular weight is 1160 g/mol. The van der Waals surface area contributed by atoms with Gasteiger partial charge in [-0.1, -0.05) is 386 Å². The molecule has 0 spiro atoms. The van der Waals surface area contributed by atoms with Crippen molar-refractivity contribution in [3.8, 4) is 0 Å². The van der Waals surface area contributed by atoms with E-state index in [9.17, 15) is 14.4 Å². The van der Waals surface area contributed by atoms with Gasteiger partial charge in [-0.15, -0.1) is 0 Å². The molecule has 0 aliphatic rings. The van der Waals surface area contributed by atoms with Gasteiger partial charge in [0.2, 0.25) is 0 Å². The maximum atomic E-state index is 12.9. The van der Waals surface area contributed by atoms with Crippen LogP contribution in [0.1, 0.15) is 438 Å². The summed E-state index contributed by atoms with van der Waals surface area (Å²) >= 11 is 0. The number of unbranched alkanes of at least 4 members (excludes halogenated alkanes) is 58. The lowest BCUT2D eigenvalue weighted by molar-refractivity contribution is -0.167. The fraction of sp³-hybridized carbons (Fsp3) is 0.934. The number of esters is 3. The van der Waals surface area contributed by atoms with Crippen molar-refractivity contribution in [2.75, 3.05) is 13.2 Å². The van der Waals surface area contributed by atoms with Crippen LogP contribution in [0.4, 0.5) is 0 Å². The molecule has 0 radical (unpaired) electrons. The number of carbonyl (C=O) groups is 3. The predicted molar refractivity (Wildman–Crippen MR) is 358 cm³/mol. The molecule has 0 rings (SSSR count). The number of allylic oxidation sites excluding steroid dienone is 2. The van der Waals surface area contributed by atoms with E-state index in [4.69, 9.17) is 14.2 Å². The molecule has 6 heteroatoms. The van der Waals surface area contributed by atoms with Crippen LogP contribution in [0, 0.1) is 0 Å². The van der Waals surface area contributed by atoms with E-state index in [0.29, 0.717) is 19.3 Å². The van der Waals surface area contributed by atoms with Crippen LogP contribution in [0.5, 0.6) is 0 Å². The van der Waals surface area contributed by atoms with E-state index in [1.54, 1.807) is 0 Å². The van der Waals surface area contributed by atoms with Crippen molar-refractivity contribution < 1.29 is 28.6 Å². The van der Waals surface area contributed by atoms with Gasteiger partial charge in [-0.25, -0.2) is 0 Å². The Morgan fingerprint density at radius 1 is 0.232 bits per heavy atom. The molecule has 0 aromatic heterocycles. The van der Waals surface area contributed by atoms with Crippen molar-refractivity contribution in [3.05, 3.63) is 12.2 Å². The van der Waals surface area contributed by atoms with E-state index in [2.05, 4.69) is 32.9 Å². The van der Waals surface area contributed by atoms with Gasteiger partial charge in [-0.05, 0) is 44.9 Å². The van der Waals surface area contributed by atoms with E-state index in [1.165, 1.54) is 340 Å². The quantitative estimate of drug-likeness (QED) is 0.0261.